The Bertz CT molecular complexity index is 528. The number of ketones is 1. The number of likely N-dealkylation sites (tertiary alicyclic amines) is 1. The Morgan fingerprint density at radius 2 is 2.15 bits per heavy atom. The second-order valence-corrected chi connectivity index (χ2v) is 4.76. The lowest BCUT2D eigenvalue weighted by Gasteiger charge is -2.17. The molecule has 108 valence electrons. The van der Waals surface area contributed by atoms with Crippen LogP contribution in [0.5, 0.6) is 11.5 Å². The van der Waals surface area contributed by atoms with Gasteiger partial charge in [-0.25, -0.2) is 4.79 Å². The highest BCUT2D eigenvalue weighted by molar-refractivity contribution is 6.40. The summed E-state index contributed by atoms with van der Waals surface area (Å²) in [5, 5.41) is 8.81. The molecule has 0 saturated carbocycles. The van der Waals surface area contributed by atoms with E-state index in [0.717, 1.165) is 19.5 Å². The van der Waals surface area contributed by atoms with Gasteiger partial charge in [-0.05, 0) is 25.6 Å². The molecule has 6 heteroatoms. The van der Waals surface area contributed by atoms with Crippen LogP contribution in [0.3, 0.4) is 0 Å². The Morgan fingerprint density at radius 3 is 2.70 bits per heavy atom. The van der Waals surface area contributed by atoms with Crippen molar-refractivity contribution in [2.24, 2.45) is 0 Å². The molecule has 1 unspecified atom stereocenters. The Morgan fingerprint density at radius 1 is 1.40 bits per heavy atom. The molecule has 1 atom stereocenters. The Kier molecular flexibility index (Phi) is 4.24. The van der Waals surface area contributed by atoms with Crippen LogP contribution in [0, 0.1) is 0 Å². The van der Waals surface area contributed by atoms with E-state index in [2.05, 4.69) is 4.90 Å². The maximum absolute atomic E-state index is 11.6. The molecule has 20 heavy (non-hydrogen) atoms. The number of hydrogen-bond acceptors (Lipinski definition) is 5. The smallest absolute Gasteiger partial charge is 0.377 e. The van der Waals surface area contributed by atoms with Crippen LogP contribution in [0.2, 0.25) is 0 Å². The molecule has 0 bridgehead atoms. The van der Waals surface area contributed by atoms with E-state index in [1.54, 1.807) is 12.1 Å². The van der Waals surface area contributed by atoms with Gasteiger partial charge in [0.25, 0.3) is 5.78 Å². The average Bonchev–Trinajstić information content (AvgIpc) is 2.83. The SMILES string of the molecule is COc1c(OC2CCN(C)C2)cccc1C(=O)C(=O)O. The van der Waals surface area contributed by atoms with Crippen LogP contribution in [0.1, 0.15) is 16.8 Å². The molecule has 6 nitrogen and oxygen atoms in total. The molecule has 2 rings (SSSR count). The number of ether oxygens (including phenoxy) is 2. The van der Waals surface area contributed by atoms with Crippen molar-refractivity contribution < 1.29 is 24.2 Å². The summed E-state index contributed by atoms with van der Waals surface area (Å²) in [4.78, 5) is 24.6. The molecule has 0 amide bonds. The number of hydrogen-bond donors (Lipinski definition) is 1. The molecule has 1 N–H and O–H groups in total. The second kappa shape index (κ2) is 5.92. The van der Waals surface area contributed by atoms with Crippen LogP contribution in [-0.4, -0.2) is 55.1 Å². The normalized spacial score (nSPS) is 18.8. The maximum Gasteiger partial charge on any atom is 0.377 e. The summed E-state index contributed by atoms with van der Waals surface area (Å²) in [5.41, 5.74) is 0.00357. The number of para-hydroxylation sites is 1. The van der Waals surface area contributed by atoms with Crippen molar-refractivity contribution in [1.29, 1.82) is 0 Å². The van der Waals surface area contributed by atoms with Crippen molar-refractivity contribution in [2.75, 3.05) is 27.2 Å². The lowest BCUT2D eigenvalue weighted by molar-refractivity contribution is -0.131. The zero-order valence-corrected chi connectivity index (χ0v) is 11.5. The highest BCUT2D eigenvalue weighted by Gasteiger charge is 2.25. The summed E-state index contributed by atoms with van der Waals surface area (Å²) in [5.74, 6) is -1.94. The number of carbonyl (C=O) groups is 2. The molecule has 0 aromatic heterocycles. The van der Waals surface area contributed by atoms with Gasteiger partial charge in [-0.3, -0.25) is 4.79 Å². The molecule has 1 aliphatic rings. The lowest BCUT2D eigenvalue weighted by atomic mass is 10.1. The maximum atomic E-state index is 11.6. The van der Waals surface area contributed by atoms with Gasteiger partial charge in [-0.1, -0.05) is 6.07 Å². The molecular weight excluding hydrogens is 262 g/mol. The highest BCUT2D eigenvalue weighted by atomic mass is 16.5. The largest absolute Gasteiger partial charge is 0.492 e. The summed E-state index contributed by atoms with van der Waals surface area (Å²) in [6, 6.07) is 4.69. The third-order valence-corrected chi connectivity index (χ3v) is 3.26. The molecule has 1 heterocycles. The molecule has 1 saturated heterocycles. The minimum absolute atomic E-state index is 0.00357. The van der Waals surface area contributed by atoms with Gasteiger partial charge in [0, 0.05) is 13.1 Å². The molecule has 1 aromatic carbocycles. The van der Waals surface area contributed by atoms with Gasteiger partial charge in [-0.2, -0.15) is 0 Å². The summed E-state index contributed by atoms with van der Waals surface area (Å²) >= 11 is 0. The first-order chi connectivity index (χ1) is 9.52. The summed E-state index contributed by atoms with van der Waals surface area (Å²) in [6.07, 6.45) is 0.903. The fraction of sp³-hybridized carbons (Fsp3) is 0.429. The number of likely N-dealkylation sites (N-methyl/N-ethyl adjacent to an activating group) is 1. The van der Waals surface area contributed by atoms with E-state index >= 15 is 0 Å². The van der Waals surface area contributed by atoms with Crippen molar-refractivity contribution >= 4 is 11.8 Å². The molecule has 1 fully saturated rings. The quantitative estimate of drug-likeness (QED) is 0.641. The number of methoxy groups -OCH3 is 1. The number of aliphatic carboxylic acids is 1. The topological polar surface area (TPSA) is 76.1 Å². The number of benzene rings is 1. The zero-order chi connectivity index (χ0) is 14.7. The first kappa shape index (κ1) is 14.3. The number of rotatable bonds is 5. The van der Waals surface area contributed by atoms with Crippen LogP contribution in [0.15, 0.2) is 18.2 Å². The van der Waals surface area contributed by atoms with E-state index in [9.17, 15) is 9.59 Å². The highest BCUT2D eigenvalue weighted by Crippen LogP contribution is 2.33. The fourth-order valence-corrected chi connectivity index (χ4v) is 2.28. The molecule has 0 aliphatic carbocycles. The van der Waals surface area contributed by atoms with Crippen molar-refractivity contribution in [3.63, 3.8) is 0 Å². The van der Waals surface area contributed by atoms with Gasteiger partial charge in [0.05, 0.1) is 12.7 Å². The Balaban J connectivity index is 2.27. The number of carbonyl (C=O) groups excluding carboxylic acids is 1. The molecular formula is C14H17NO5. The van der Waals surface area contributed by atoms with E-state index in [0.29, 0.717) is 5.75 Å². The van der Waals surface area contributed by atoms with Crippen LogP contribution in [-0.2, 0) is 4.79 Å². The molecule has 0 radical (unpaired) electrons. The number of carboxylic acid groups (broad SMARTS) is 1. The Labute approximate surface area is 116 Å². The third kappa shape index (κ3) is 2.91. The molecule has 0 spiro atoms. The van der Waals surface area contributed by atoms with Crippen molar-refractivity contribution in [3.05, 3.63) is 23.8 Å². The minimum atomic E-state index is -1.51. The van der Waals surface area contributed by atoms with Crippen LogP contribution in [0.4, 0.5) is 0 Å². The summed E-state index contributed by atoms with van der Waals surface area (Å²) in [6.45, 7) is 1.74. The van der Waals surface area contributed by atoms with Crippen LogP contribution in [0.25, 0.3) is 0 Å². The van der Waals surface area contributed by atoms with Gasteiger partial charge < -0.3 is 19.5 Å². The van der Waals surface area contributed by atoms with Crippen LogP contribution >= 0.6 is 0 Å². The van der Waals surface area contributed by atoms with Crippen LogP contribution < -0.4 is 9.47 Å². The summed E-state index contributed by atoms with van der Waals surface area (Å²) < 4.78 is 11.0. The first-order valence-corrected chi connectivity index (χ1v) is 6.32. The summed E-state index contributed by atoms with van der Waals surface area (Å²) in [7, 11) is 3.40. The van der Waals surface area contributed by atoms with Crippen molar-refractivity contribution in [2.45, 2.75) is 12.5 Å². The monoisotopic (exact) mass is 279 g/mol. The van der Waals surface area contributed by atoms with Gasteiger partial charge in [-0.15, -0.1) is 0 Å². The van der Waals surface area contributed by atoms with Gasteiger partial charge >= 0.3 is 5.97 Å². The zero-order valence-electron chi connectivity index (χ0n) is 11.5. The predicted octanol–water partition coefficient (Wildman–Crippen LogP) is 1.05. The standard InChI is InChI=1S/C14H17NO5/c1-15-7-6-9(8-15)20-11-5-3-4-10(13(11)19-2)12(16)14(17)18/h3-5,9H,6-8H2,1-2H3,(H,17,18). The Hall–Kier alpha value is -2.08. The number of Topliss-reactive ketones (excluding diaryl/α,β-unsaturated/α-hetero) is 1. The third-order valence-electron chi connectivity index (χ3n) is 3.26. The first-order valence-electron chi connectivity index (χ1n) is 6.32. The van der Waals surface area contributed by atoms with E-state index in [4.69, 9.17) is 14.6 Å². The average molecular weight is 279 g/mol. The van der Waals surface area contributed by atoms with E-state index in [1.807, 2.05) is 7.05 Å². The predicted molar refractivity (Wildman–Crippen MR) is 71.5 cm³/mol. The number of nitrogens with zero attached hydrogens (tertiary/aromatic N) is 1. The van der Waals surface area contributed by atoms with Gasteiger partial charge in [0.1, 0.15) is 6.10 Å². The van der Waals surface area contributed by atoms with Gasteiger partial charge in [0.15, 0.2) is 11.5 Å². The van der Waals surface area contributed by atoms with E-state index in [-0.39, 0.29) is 17.4 Å². The van der Waals surface area contributed by atoms with Gasteiger partial charge in [0.2, 0.25) is 0 Å². The molecule has 1 aromatic rings. The fourth-order valence-electron chi connectivity index (χ4n) is 2.28. The molecule has 1 aliphatic heterocycles. The lowest BCUT2D eigenvalue weighted by Crippen LogP contribution is -2.22. The van der Waals surface area contributed by atoms with E-state index < -0.39 is 11.8 Å². The van der Waals surface area contributed by atoms with Crippen molar-refractivity contribution in [1.82, 2.24) is 4.90 Å². The second-order valence-electron chi connectivity index (χ2n) is 4.76. The van der Waals surface area contributed by atoms with E-state index in [1.165, 1.54) is 13.2 Å². The minimum Gasteiger partial charge on any atom is -0.492 e. The number of carboxylic acids is 1. The van der Waals surface area contributed by atoms with Crippen molar-refractivity contribution in [3.8, 4) is 11.5 Å².